The van der Waals surface area contributed by atoms with Crippen molar-refractivity contribution in [1.29, 1.82) is 0 Å². The molecule has 0 aliphatic heterocycles. The maximum absolute atomic E-state index is 13.5. The molecular formula is C31H26ClF3O9. The van der Waals surface area contributed by atoms with Crippen LogP contribution in [0.25, 0.3) is 22.3 Å². The van der Waals surface area contributed by atoms with E-state index in [9.17, 15) is 22.8 Å². The Morgan fingerprint density at radius 1 is 1.00 bits per heavy atom. The van der Waals surface area contributed by atoms with Gasteiger partial charge in [0, 0.05) is 12.1 Å². The van der Waals surface area contributed by atoms with Crippen molar-refractivity contribution in [2.24, 2.45) is 5.92 Å². The van der Waals surface area contributed by atoms with Crippen LogP contribution in [0.1, 0.15) is 18.4 Å². The first-order valence-electron chi connectivity index (χ1n) is 13.4. The van der Waals surface area contributed by atoms with E-state index in [1.165, 1.54) is 25.3 Å². The molecule has 1 heterocycles. The van der Waals surface area contributed by atoms with E-state index < -0.39 is 29.4 Å². The lowest BCUT2D eigenvalue weighted by Gasteiger charge is -2.32. The lowest BCUT2D eigenvalue weighted by molar-refractivity contribution is -0.275. The predicted octanol–water partition coefficient (Wildman–Crippen LogP) is 6.86. The number of fused-ring (bicyclic) bond motifs is 1. The summed E-state index contributed by atoms with van der Waals surface area (Å²) < 4.78 is 73.2. The molecule has 0 unspecified atom stereocenters. The van der Waals surface area contributed by atoms with Gasteiger partial charge >= 0.3 is 12.3 Å². The first-order chi connectivity index (χ1) is 21.0. The van der Waals surface area contributed by atoms with Crippen molar-refractivity contribution in [2.75, 3.05) is 20.3 Å². The summed E-state index contributed by atoms with van der Waals surface area (Å²) in [6.07, 6.45) is -4.58. The molecule has 1 fully saturated rings. The average Bonchev–Trinajstić information content (AvgIpc) is 2.95. The maximum Gasteiger partial charge on any atom is 0.573 e. The number of benzene rings is 3. The first kappa shape index (κ1) is 31.0. The van der Waals surface area contributed by atoms with Crippen molar-refractivity contribution >= 4 is 28.5 Å². The summed E-state index contributed by atoms with van der Waals surface area (Å²) in [6, 6.07) is 14.7. The Bertz CT molecular complexity index is 1700. The molecular weight excluding hydrogens is 609 g/mol. The molecule has 1 aliphatic carbocycles. The van der Waals surface area contributed by atoms with Gasteiger partial charge < -0.3 is 33.2 Å². The minimum atomic E-state index is -5.07. The number of rotatable bonds is 12. The maximum atomic E-state index is 13.5. The zero-order valence-electron chi connectivity index (χ0n) is 23.2. The molecule has 0 spiro atoms. The third kappa shape index (κ3) is 7.37. The number of aliphatic carboxylic acids is 1. The van der Waals surface area contributed by atoms with Gasteiger partial charge in [-0.05, 0) is 48.7 Å². The van der Waals surface area contributed by atoms with Gasteiger partial charge in [-0.3, -0.25) is 9.59 Å². The molecule has 9 nitrogen and oxygen atoms in total. The van der Waals surface area contributed by atoms with Gasteiger partial charge in [-0.2, -0.15) is 0 Å². The highest BCUT2D eigenvalue weighted by atomic mass is 35.5. The van der Waals surface area contributed by atoms with E-state index in [1.807, 2.05) is 0 Å². The van der Waals surface area contributed by atoms with Crippen molar-refractivity contribution < 1.29 is 51.2 Å². The van der Waals surface area contributed by atoms with Gasteiger partial charge in [0.1, 0.15) is 30.5 Å². The van der Waals surface area contributed by atoms with E-state index in [4.69, 9.17) is 40.1 Å². The van der Waals surface area contributed by atoms with E-state index in [0.717, 1.165) is 12.1 Å². The number of hydrogen-bond donors (Lipinski definition) is 1. The highest BCUT2D eigenvalue weighted by Gasteiger charge is 2.35. The summed E-state index contributed by atoms with van der Waals surface area (Å²) >= 11 is 6.25. The molecule has 5 rings (SSSR count). The van der Waals surface area contributed by atoms with Crippen LogP contribution in [0.4, 0.5) is 13.2 Å². The Morgan fingerprint density at radius 3 is 2.43 bits per heavy atom. The number of hydrogen-bond acceptors (Lipinski definition) is 8. The molecule has 1 aromatic heterocycles. The number of carbonyl (C=O) groups is 1. The minimum absolute atomic E-state index is 0.0134. The first-order valence-corrected chi connectivity index (χ1v) is 13.8. The van der Waals surface area contributed by atoms with Crippen molar-refractivity contribution in [1.82, 2.24) is 0 Å². The van der Waals surface area contributed by atoms with Crippen LogP contribution in [0.2, 0.25) is 5.02 Å². The minimum Gasteiger partial charge on any atom is -0.497 e. The zero-order valence-corrected chi connectivity index (χ0v) is 23.9. The van der Waals surface area contributed by atoms with Gasteiger partial charge in [0.2, 0.25) is 0 Å². The second-order valence-electron chi connectivity index (χ2n) is 9.92. The molecule has 1 saturated carbocycles. The fraction of sp³-hybridized carbons (Fsp3) is 0.290. The fourth-order valence-corrected chi connectivity index (χ4v) is 4.81. The van der Waals surface area contributed by atoms with Crippen LogP contribution >= 0.6 is 11.6 Å². The molecule has 0 saturated heterocycles. The highest BCUT2D eigenvalue weighted by Crippen LogP contribution is 2.43. The number of halogens is 4. The smallest absolute Gasteiger partial charge is 0.497 e. The zero-order chi connectivity index (χ0) is 31.4. The lowest BCUT2D eigenvalue weighted by Crippen LogP contribution is -2.37. The van der Waals surface area contributed by atoms with Gasteiger partial charge in [-0.15, -0.1) is 13.2 Å². The number of methoxy groups -OCH3 is 1. The molecule has 4 aromatic rings. The Morgan fingerprint density at radius 2 is 1.75 bits per heavy atom. The van der Waals surface area contributed by atoms with Gasteiger partial charge in [-0.25, -0.2) is 0 Å². The third-order valence-corrected chi connectivity index (χ3v) is 7.23. The van der Waals surface area contributed by atoms with Gasteiger partial charge in [0.15, 0.2) is 22.5 Å². The van der Waals surface area contributed by atoms with Gasteiger partial charge in [-0.1, -0.05) is 29.8 Å². The van der Waals surface area contributed by atoms with E-state index in [-0.39, 0.29) is 64.7 Å². The molecule has 44 heavy (non-hydrogen) atoms. The average molecular weight is 635 g/mol. The summed E-state index contributed by atoms with van der Waals surface area (Å²) in [7, 11) is 1.50. The lowest BCUT2D eigenvalue weighted by atomic mass is 9.82. The van der Waals surface area contributed by atoms with Crippen molar-refractivity contribution in [3.8, 4) is 34.3 Å². The second-order valence-corrected chi connectivity index (χ2v) is 10.3. The Labute approximate surface area is 253 Å². The molecule has 3 aromatic carbocycles. The fourth-order valence-electron chi connectivity index (χ4n) is 4.60. The van der Waals surface area contributed by atoms with Crippen LogP contribution in [0.15, 0.2) is 69.9 Å². The van der Waals surface area contributed by atoms with Gasteiger partial charge in [0.25, 0.3) is 0 Å². The summed E-state index contributed by atoms with van der Waals surface area (Å²) in [5.74, 6) is -1.84. The topological polar surface area (TPSA) is 114 Å². The Hall–Kier alpha value is -4.42. The summed E-state index contributed by atoms with van der Waals surface area (Å²) in [5, 5.41) is 9.37. The monoisotopic (exact) mass is 634 g/mol. The number of carboxylic acids is 1. The standard InChI is InChI=1S/C31H26ClF3O9/c1-39-19-7-5-17(6-8-19)16-42-27-15-25(41-10-9-40-20-11-18(12-20)30(37)38)22(13-28(27)44-31(33,34)35)26-14-24(36)21-3-2-4-23(32)29(21)43-26/h2-8,13-15,18,20H,9-12,16H2,1H3,(H,37,38). The highest BCUT2D eigenvalue weighted by molar-refractivity contribution is 6.34. The molecule has 0 bridgehead atoms. The molecule has 1 aliphatic rings. The van der Waals surface area contributed by atoms with E-state index in [0.29, 0.717) is 24.2 Å². The second kappa shape index (κ2) is 13.1. The predicted molar refractivity (Wildman–Crippen MR) is 153 cm³/mol. The van der Waals surface area contributed by atoms with E-state index in [1.54, 1.807) is 30.3 Å². The molecule has 0 atom stereocenters. The number of ether oxygens (including phenoxy) is 5. The van der Waals surface area contributed by atoms with Crippen molar-refractivity contribution in [3.05, 3.63) is 81.5 Å². The SMILES string of the molecule is COc1ccc(COc2cc(OCCOC3CC(C(=O)O)C3)c(-c3cc(=O)c4cccc(Cl)c4o3)cc2OC(F)(F)F)cc1. The molecule has 232 valence electrons. The Kier molecular flexibility index (Phi) is 9.21. The Balaban J connectivity index is 1.48. The van der Waals surface area contributed by atoms with E-state index in [2.05, 4.69) is 4.74 Å². The molecule has 0 amide bonds. The van der Waals surface area contributed by atoms with Crippen LogP contribution in [0.5, 0.6) is 23.0 Å². The number of carboxylic acid groups (broad SMARTS) is 1. The summed E-state index contributed by atoms with van der Waals surface area (Å²) in [4.78, 5) is 23.9. The molecule has 0 radical (unpaired) electrons. The number of alkyl halides is 3. The van der Waals surface area contributed by atoms with Crippen LogP contribution < -0.4 is 24.4 Å². The third-order valence-electron chi connectivity index (χ3n) is 6.94. The number of para-hydroxylation sites is 1. The van der Waals surface area contributed by atoms with Crippen LogP contribution in [0.3, 0.4) is 0 Å². The molecule has 13 heteroatoms. The van der Waals surface area contributed by atoms with Crippen LogP contribution in [-0.2, 0) is 16.1 Å². The van der Waals surface area contributed by atoms with E-state index >= 15 is 0 Å². The summed E-state index contributed by atoms with van der Waals surface area (Å²) in [6.45, 7) is -0.114. The van der Waals surface area contributed by atoms with Crippen molar-refractivity contribution in [2.45, 2.75) is 31.9 Å². The normalized spacial score (nSPS) is 16.3. The van der Waals surface area contributed by atoms with Crippen molar-refractivity contribution in [3.63, 3.8) is 0 Å². The van der Waals surface area contributed by atoms with Crippen LogP contribution in [-0.4, -0.2) is 43.9 Å². The van der Waals surface area contributed by atoms with Crippen LogP contribution in [0, 0.1) is 5.92 Å². The van der Waals surface area contributed by atoms with Gasteiger partial charge in [0.05, 0.1) is 41.7 Å². The molecule has 1 N–H and O–H groups in total. The largest absolute Gasteiger partial charge is 0.573 e. The quantitative estimate of drug-likeness (QED) is 0.167. The summed E-state index contributed by atoms with van der Waals surface area (Å²) in [5.41, 5.74) is 0.171.